The molecular formula is C11H9BrN2O. The number of carbonyl (C=O) groups excluding carboxylic acids is 1. The zero-order chi connectivity index (χ0) is 10.8. The summed E-state index contributed by atoms with van der Waals surface area (Å²) < 4.78 is 2.61. The van der Waals surface area contributed by atoms with E-state index in [-0.39, 0.29) is 5.78 Å². The quantitative estimate of drug-likeness (QED) is 0.781. The van der Waals surface area contributed by atoms with E-state index in [0.717, 1.165) is 4.47 Å². The van der Waals surface area contributed by atoms with Crippen molar-refractivity contribution in [2.75, 3.05) is 0 Å². The fourth-order valence-electron chi connectivity index (χ4n) is 1.35. The lowest BCUT2D eigenvalue weighted by molar-refractivity contribution is 0.103. The van der Waals surface area contributed by atoms with Crippen molar-refractivity contribution < 1.29 is 4.79 Å². The minimum atomic E-state index is -0.0173. The highest BCUT2D eigenvalue weighted by Crippen LogP contribution is 2.14. The van der Waals surface area contributed by atoms with Gasteiger partial charge in [0.15, 0.2) is 0 Å². The molecule has 4 heteroatoms. The molecule has 76 valence electrons. The van der Waals surface area contributed by atoms with Crippen LogP contribution in [0.3, 0.4) is 0 Å². The van der Waals surface area contributed by atoms with Crippen molar-refractivity contribution in [2.24, 2.45) is 7.05 Å². The average Bonchev–Trinajstić information content (AvgIpc) is 2.63. The molecule has 1 heterocycles. The van der Waals surface area contributed by atoms with Gasteiger partial charge in [0, 0.05) is 17.1 Å². The number of halogens is 1. The van der Waals surface area contributed by atoms with Crippen LogP contribution in [0, 0.1) is 0 Å². The summed E-state index contributed by atoms with van der Waals surface area (Å²) in [4.78, 5) is 15.9. The number of hydrogen-bond donors (Lipinski definition) is 0. The number of rotatable bonds is 2. The van der Waals surface area contributed by atoms with Gasteiger partial charge in [-0.25, -0.2) is 4.98 Å². The second-order valence-corrected chi connectivity index (χ2v) is 4.14. The fraction of sp³-hybridized carbons (Fsp3) is 0.0909. The van der Waals surface area contributed by atoms with Gasteiger partial charge in [-0.2, -0.15) is 0 Å². The molecular weight excluding hydrogens is 256 g/mol. The van der Waals surface area contributed by atoms with Crippen LogP contribution in [0.25, 0.3) is 0 Å². The summed E-state index contributed by atoms with van der Waals surface area (Å²) in [5.41, 5.74) is 1.25. The molecule has 0 aliphatic rings. The molecule has 1 aromatic heterocycles. The molecule has 0 bridgehead atoms. The molecule has 0 atom stereocenters. The van der Waals surface area contributed by atoms with Crippen LogP contribution in [-0.4, -0.2) is 15.3 Å². The minimum Gasteiger partial charge on any atom is -0.331 e. The maximum atomic E-state index is 12.0. The predicted octanol–water partition coefficient (Wildman–Crippen LogP) is 2.41. The van der Waals surface area contributed by atoms with Crippen molar-refractivity contribution in [3.8, 4) is 0 Å². The van der Waals surface area contributed by atoms with Gasteiger partial charge in [-0.3, -0.25) is 4.79 Å². The number of carbonyl (C=O) groups is 1. The molecule has 0 amide bonds. The lowest BCUT2D eigenvalue weighted by Crippen LogP contribution is -2.06. The van der Waals surface area contributed by atoms with Crippen LogP contribution in [0.15, 0.2) is 41.3 Å². The normalized spacial score (nSPS) is 10.3. The van der Waals surface area contributed by atoms with Gasteiger partial charge in [-0.1, -0.05) is 28.1 Å². The molecule has 0 spiro atoms. The summed E-state index contributed by atoms with van der Waals surface area (Å²) in [6.07, 6.45) is 3.19. The van der Waals surface area contributed by atoms with Crippen molar-refractivity contribution in [1.82, 2.24) is 9.55 Å². The Labute approximate surface area is 95.9 Å². The Hall–Kier alpha value is -1.42. The van der Waals surface area contributed by atoms with Crippen molar-refractivity contribution in [3.63, 3.8) is 0 Å². The fourth-order valence-corrected chi connectivity index (χ4v) is 1.75. The van der Waals surface area contributed by atoms with Crippen LogP contribution in [0.2, 0.25) is 0 Å². The van der Waals surface area contributed by atoms with E-state index in [0.29, 0.717) is 11.3 Å². The van der Waals surface area contributed by atoms with Crippen molar-refractivity contribution in [2.45, 2.75) is 0 Å². The third kappa shape index (κ3) is 1.99. The lowest BCUT2D eigenvalue weighted by atomic mass is 10.1. The van der Waals surface area contributed by atoms with Gasteiger partial charge in [0.2, 0.25) is 5.78 Å². The molecule has 0 unspecified atom stereocenters. The summed E-state index contributed by atoms with van der Waals surface area (Å²) >= 11 is 3.34. The zero-order valence-corrected chi connectivity index (χ0v) is 9.73. The van der Waals surface area contributed by atoms with E-state index in [4.69, 9.17) is 0 Å². The third-order valence-electron chi connectivity index (χ3n) is 2.14. The van der Waals surface area contributed by atoms with E-state index in [1.54, 1.807) is 36.3 Å². The highest BCUT2D eigenvalue weighted by Gasteiger charge is 2.12. The average molecular weight is 265 g/mol. The van der Waals surface area contributed by atoms with E-state index in [9.17, 15) is 4.79 Å². The second-order valence-electron chi connectivity index (χ2n) is 3.23. The molecule has 2 rings (SSSR count). The van der Waals surface area contributed by atoms with Crippen LogP contribution in [-0.2, 0) is 7.05 Å². The van der Waals surface area contributed by atoms with Gasteiger partial charge in [0.05, 0.1) is 12.5 Å². The highest BCUT2D eigenvalue weighted by atomic mass is 79.9. The van der Waals surface area contributed by atoms with Crippen LogP contribution < -0.4 is 0 Å². The van der Waals surface area contributed by atoms with Gasteiger partial charge in [0.25, 0.3) is 0 Å². The Bertz CT molecular complexity index is 505. The Morgan fingerprint density at radius 1 is 1.47 bits per heavy atom. The number of nitrogens with zero attached hydrogens (tertiary/aromatic N) is 2. The van der Waals surface area contributed by atoms with Crippen molar-refractivity contribution >= 4 is 21.7 Å². The number of imidazole rings is 1. The Balaban J connectivity index is 2.41. The summed E-state index contributed by atoms with van der Waals surface area (Å²) in [7, 11) is 1.80. The van der Waals surface area contributed by atoms with E-state index in [1.165, 1.54) is 0 Å². The first-order valence-corrected chi connectivity index (χ1v) is 5.24. The molecule has 15 heavy (non-hydrogen) atoms. The standard InChI is InChI=1S/C11H9BrN2O/c1-14-7-13-6-10(14)11(15)8-3-2-4-9(12)5-8/h2-7H,1H3. The van der Waals surface area contributed by atoms with Gasteiger partial charge >= 0.3 is 0 Å². The van der Waals surface area contributed by atoms with E-state index in [2.05, 4.69) is 20.9 Å². The van der Waals surface area contributed by atoms with E-state index < -0.39 is 0 Å². The molecule has 0 radical (unpaired) electrons. The minimum absolute atomic E-state index is 0.0173. The number of aryl methyl sites for hydroxylation is 1. The second kappa shape index (κ2) is 3.98. The largest absolute Gasteiger partial charge is 0.331 e. The van der Waals surface area contributed by atoms with Crippen LogP contribution in [0.5, 0.6) is 0 Å². The van der Waals surface area contributed by atoms with Gasteiger partial charge in [0.1, 0.15) is 5.69 Å². The summed E-state index contributed by atoms with van der Waals surface area (Å²) in [5, 5.41) is 0. The molecule has 0 aliphatic heterocycles. The summed E-state index contributed by atoms with van der Waals surface area (Å²) in [6, 6.07) is 7.32. The lowest BCUT2D eigenvalue weighted by Gasteiger charge is -2.01. The molecule has 1 aromatic carbocycles. The Kier molecular flexibility index (Phi) is 2.68. The SMILES string of the molecule is Cn1cncc1C(=O)c1cccc(Br)c1. The first-order valence-electron chi connectivity index (χ1n) is 4.45. The molecule has 0 saturated carbocycles. The first kappa shape index (κ1) is 10.1. The van der Waals surface area contributed by atoms with Crippen LogP contribution in [0.1, 0.15) is 16.1 Å². The maximum absolute atomic E-state index is 12.0. The first-order chi connectivity index (χ1) is 7.18. The summed E-state index contributed by atoms with van der Waals surface area (Å²) in [5.74, 6) is -0.0173. The van der Waals surface area contributed by atoms with Crippen LogP contribution in [0.4, 0.5) is 0 Å². The number of aromatic nitrogens is 2. The topological polar surface area (TPSA) is 34.9 Å². The number of benzene rings is 1. The van der Waals surface area contributed by atoms with E-state index >= 15 is 0 Å². The third-order valence-corrected chi connectivity index (χ3v) is 2.63. The molecule has 0 aliphatic carbocycles. The van der Waals surface area contributed by atoms with Gasteiger partial charge < -0.3 is 4.57 Å². The molecule has 2 aromatic rings. The Morgan fingerprint density at radius 3 is 2.87 bits per heavy atom. The number of hydrogen-bond acceptors (Lipinski definition) is 2. The predicted molar refractivity (Wildman–Crippen MR) is 60.8 cm³/mol. The molecule has 0 saturated heterocycles. The van der Waals surface area contributed by atoms with E-state index in [1.807, 2.05) is 12.1 Å². The van der Waals surface area contributed by atoms with Gasteiger partial charge in [-0.05, 0) is 12.1 Å². The highest BCUT2D eigenvalue weighted by molar-refractivity contribution is 9.10. The molecule has 3 nitrogen and oxygen atoms in total. The zero-order valence-electron chi connectivity index (χ0n) is 8.14. The van der Waals surface area contributed by atoms with Gasteiger partial charge in [-0.15, -0.1) is 0 Å². The monoisotopic (exact) mass is 264 g/mol. The van der Waals surface area contributed by atoms with Crippen molar-refractivity contribution in [3.05, 3.63) is 52.5 Å². The maximum Gasteiger partial charge on any atom is 0.211 e. The number of ketones is 1. The molecule has 0 fully saturated rings. The van der Waals surface area contributed by atoms with Crippen LogP contribution >= 0.6 is 15.9 Å². The Morgan fingerprint density at radius 2 is 2.27 bits per heavy atom. The van der Waals surface area contributed by atoms with Crippen molar-refractivity contribution in [1.29, 1.82) is 0 Å². The summed E-state index contributed by atoms with van der Waals surface area (Å²) in [6.45, 7) is 0. The molecule has 0 N–H and O–H groups in total. The smallest absolute Gasteiger partial charge is 0.211 e.